The lowest BCUT2D eigenvalue weighted by Crippen LogP contribution is -2.14. The average molecular weight is 190 g/mol. The molecule has 0 bridgehead atoms. The molecule has 6 nitrogen and oxygen atoms in total. The average Bonchev–Trinajstić information content (AvgIpc) is 2.69. The zero-order valence-electron chi connectivity index (χ0n) is 7.44. The number of rotatable bonds is 2. The van der Waals surface area contributed by atoms with Gasteiger partial charge < -0.3 is 16.0 Å². The zero-order chi connectivity index (χ0) is 9.54. The number of H-pyrrole nitrogens is 1. The van der Waals surface area contributed by atoms with E-state index in [9.17, 15) is 0 Å². The van der Waals surface area contributed by atoms with E-state index in [0.717, 1.165) is 17.8 Å². The minimum atomic E-state index is 0.253. The second-order valence-electron chi connectivity index (χ2n) is 3.47. The molecule has 3 rings (SSSR count). The Balaban J connectivity index is 1.98. The summed E-state index contributed by atoms with van der Waals surface area (Å²) in [5.74, 6) is 0.783. The van der Waals surface area contributed by atoms with Crippen molar-refractivity contribution in [1.29, 1.82) is 0 Å². The SMILES string of the molecule is NC1CC1Nc1ncnc2nc[nH]c12. The third-order valence-corrected chi connectivity index (χ3v) is 2.38. The molecule has 2 atom stereocenters. The van der Waals surface area contributed by atoms with Crippen molar-refractivity contribution < 1.29 is 0 Å². The van der Waals surface area contributed by atoms with E-state index in [4.69, 9.17) is 5.73 Å². The molecule has 2 heterocycles. The number of nitrogens with zero attached hydrogens (tertiary/aromatic N) is 3. The van der Waals surface area contributed by atoms with Crippen molar-refractivity contribution in [1.82, 2.24) is 19.9 Å². The summed E-state index contributed by atoms with van der Waals surface area (Å²) in [7, 11) is 0. The Morgan fingerprint density at radius 3 is 3.07 bits per heavy atom. The number of nitrogens with one attached hydrogen (secondary N) is 2. The van der Waals surface area contributed by atoms with Crippen molar-refractivity contribution in [3.63, 3.8) is 0 Å². The van der Waals surface area contributed by atoms with Gasteiger partial charge in [-0.05, 0) is 6.42 Å². The molecular weight excluding hydrogens is 180 g/mol. The molecule has 1 fully saturated rings. The molecule has 0 saturated heterocycles. The molecule has 0 spiro atoms. The first-order valence-corrected chi connectivity index (χ1v) is 4.51. The maximum atomic E-state index is 5.70. The first kappa shape index (κ1) is 7.69. The molecule has 2 aromatic heterocycles. The van der Waals surface area contributed by atoms with Crippen LogP contribution in [0.4, 0.5) is 5.82 Å². The van der Waals surface area contributed by atoms with Gasteiger partial charge in [-0.3, -0.25) is 0 Å². The molecule has 0 aliphatic heterocycles. The van der Waals surface area contributed by atoms with Gasteiger partial charge in [0.25, 0.3) is 0 Å². The van der Waals surface area contributed by atoms with Gasteiger partial charge in [0.1, 0.15) is 11.8 Å². The second-order valence-corrected chi connectivity index (χ2v) is 3.47. The Morgan fingerprint density at radius 1 is 1.43 bits per heavy atom. The normalized spacial score (nSPS) is 25.2. The molecule has 1 saturated carbocycles. The van der Waals surface area contributed by atoms with Gasteiger partial charge in [0.15, 0.2) is 11.5 Å². The van der Waals surface area contributed by atoms with Gasteiger partial charge in [0.2, 0.25) is 0 Å². The highest BCUT2D eigenvalue weighted by Gasteiger charge is 2.34. The van der Waals surface area contributed by atoms with Crippen LogP contribution in [-0.4, -0.2) is 32.0 Å². The van der Waals surface area contributed by atoms with Crippen LogP contribution in [0, 0.1) is 0 Å². The standard InChI is InChI=1S/C8H10N6/c9-4-1-5(4)14-8-6-7(11-2-10-6)12-3-13-8/h2-5H,1,9H2,(H2,10,11,12,13,14). The van der Waals surface area contributed by atoms with Crippen molar-refractivity contribution in [2.24, 2.45) is 5.73 Å². The molecule has 0 amide bonds. The maximum Gasteiger partial charge on any atom is 0.182 e. The van der Waals surface area contributed by atoms with Gasteiger partial charge >= 0.3 is 0 Å². The smallest absolute Gasteiger partial charge is 0.182 e. The molecule has 0 radical (unpaired) electrons. The lowest BCUT2D eigenvalue weighted by atomic mass is 10.5. The van der Waals surface area contributed by atoms with E-state index in [1.807, 2.05) is 0 Å². The third-order valence-electron chi connectivity index (χ3n) is 2.38. The number of aromatic amines is 1. The first-order chi connectivity index (χ1) is 6.84. The number of hydrogen-bond acceptors (Lipinski definition) is 5. The summed E-state index contributed by atoms with van der Waals surface area (Å²) in [6.07, 6.45) is 4.11. The molecule has 72 valence electrons. The molecule has 14 heavy (non-hydrogen) atoms. The summed E-state index contributed by atoms with van der Waals surface area (Å²) < 4.78 is 0. The molecular formula is C8H10N6. The van der Waals surface area contributed by atoms with Crippen molar-refractivity contribution in [3.05, 3.63) is 12.7 Å². The predicted molar refractivity (Wildman–Crippen MR) is 51.7 cm³/mol. The van der Waals surface area contributed by atoms with E-state index in [-0.39, 0.29) is 6.04 Å². The second kappa shape index (κ2) is 2.65. The summed E-state index contributed by atoms with van der Waals surface area (Å²) in [5, 5.41) is 3.25. The number of imidazole rings is 1. The largest absolute Gasteiger partial charge is 0.364 e. The van der Waals surface area contributed by atoms with Crippen LogP contribution in [-0.2, 0) is 0 Å². The first-order valence-electron chi connectivity index (χ1n) is 4.51. The minimum Gasteiger partial charge on any atom is -0.364 e. The fourth-order valence-corrected chi connectivity index (χ4v) is 1.43. The van der Waals surface area contributed by atoms with Gasteiger partial charge in [-0.2, -0.15) is 0 Å². The fourth-order valence-electron chi connectivity index (χ4n) is 1.43. The Kier molecular flexibility index (Phi) is 1.45. The van der Waals surface area contributed by atoms with Gasteiger partial charge in [0.05, 0.1) is 6.33 Å². The number of fused-ring (bicyclic) bond motifs is 1. The maximum absolute atomic E-state index is 5.70. The van der Waals surface area contributed by atoms with Gasteiger partial charge in [-0.15, -0.1) is 0 Å². The van der Waals surface area contributed by atoms with Gasteiger partial charge in [-0.25, -0.2) is 15.0 Å². The molecule has 6 heteroatoms. The van der Waals surface area contributed by atoms with Crippen LogP contribution in [0.15, 0.2) is 12.7 Å². The van der Waals surface area contributed by atoms with E-state index in [1.165, 1.54) is 6.33 Å². The minimum absolute atomic E-state index is 0.253. The van der Waals surface area contributed by atoms with Crippen molar-refractivity contribution >= 4 is 17.0 Å². The highest BCUT2D eigenvalue weighted by atomic mass is 15.1. The van der Waals surface area contributed by atoms with Crippen LogP contribution >= 0.6 is 0 Å². The van der Waals surface area contributed by atoms with E-state index in [0.29, 0.717) is 11.7 Å². The monoisotopic (exact) mass is 190 g/mol. The van der Waals surface area contributed by atoms with Crippen molar-refractivity contribution in [2.75, 3.05) is 5.32 Å². The quantitative estimate of drug-likeness (QED) is 0.613. The lowest BCUT2D eigenvalue weighted by molar-refractivity contribution is 0.995. The Bertz CT molecular complexity index is 464. The van der Waals surface area contributed by atoms with Gasteiger partial charge in [-0.1, -0.05) is 0 Å². The van der Waals surface area contributed by atoms with Crippen LogP contribution in [0.1, 0.15) is 6.42 Å². The summed E-state index contributed by atoms with van der Waals surface area (Å²) >= 11 is 0. The fraction of sp³-hybridized carbons (Fsp3) is 0.375. The molecule has 2 aromatic rings. The lowest BCUT2D eigenvalue weighted by Gasteiger charge is -2.03. The number of hydrogen-bond donors (Lipinski definition) is 3. The van der Waals surface area contributed by atoms with E-state index >= 15 is 0 Å². The molecule has 1 aliphatic rings. The summed E-state index contributed by atoms with van der Waals surface area (Å²) in [6.45, 7) is 0. The van der Waals surface area contributed by atoms with Crippen molar-refractivity contribution in [3.8, 4) is 0 Å². The molecule has 0 aromatic carbocycles. The number of nitrogens with two attached hydrogens (primary N) is 1. The molecule has 2 unspecified atom stereocenters. The third kappa shape index (κ3) is 1.12. The predicted octanol–water partition coefficient (Wildman–Crippen LogP) is -0.136. The zero-order valence-corrected chi connectivity index (χ0v) is 7.44. The highest BCUT2D eigenvalue weighted by Crippen LogP contribution is 2.25. The molecule has 4 N–H and O–H groups in total. The van der Waals surface area contributed by atoms with E-state index in [1.54, 1.807) is 6.33 Å². The topological polar surface area (TPSA) is 92.5 Å². The number of anilines is 1. The molecule has 1 aliphatic carbocycles. The van der Waals surface area contributed by atoms with E-state index in [2.05, 4.69) is 25.3 Å². The summed E-state index contributed by atoms with van der Waals surface area (Å²) in [6, 6.07) is 0.597. The van der Waals surface area contributed by atoms with Crippen LogP contribution in [0.25, 0.3) is 11.2 Å². The van der Waals surface area contributed by atoms with Crippen LogP contribution < -0.4 is 11.1 Å². The number of aromatic nitrogens is 4. The van der Waals surface area contributed by atoms with Crippen LogP contribution in [0.3, 0.4) is 0 Å². The van der Waals surface area contributed by atoms with Crippen LogP contribution in [0.5, 0.6) is 0 Å². The van der Waals surface area contributed by atoms with Crippen LogP contribution in [0.2, 0.25) is 0 Å². The Labute approximate surface area is 80.0 Å². The Hall–Kier alpha value is -1.69. The van der Waals surface area contributed by atoms with E-state index < -0.39 is 0 Å². The Morgan fingerprint density at radius 2 is 2.29 bits per heavy atom. The van der Waals surface area contributed by atoms with Gasteiger partial charge in [0, 0.05) is 12.1 Å². The highest BCUT2D eigenvalue weighted by molar-refractivity contribution is 5.82. The van der Waals surface area contributed by atoms with Crippen molar-refractivity contribution in [2.45, 2.75) is 18.5 Å². The summed E-state index contributed by atoms with van der Waals surface area (Å²) in [5.41, 5.74) is 7.22. The summed E-state index contributed by atoms with van der Waals surface area (Å²) in [4.78, 5) is 15.2.